The fraction of sp³-hybridized carbons (Fsp3) is 0.176. The number of para-hydroxylation sites is 1. The second kappa shape index (κ2) is 6.23. The van der Waals surface area contributed by atoms with Gasteiger partial charge in [0.2, 0.25) is 11.8 Å². The van der Waals surface area contributed by atoms with E-state index in [0.717, 1.165) is 21.8 Å². The SMILES string of the molecule is Cc1cccc(NC(=O)C[C@H]2Sc3ccccc3NC2=O)c1. The van der Waals surface area contributed by atoms with E-state index in [1.165, 1.54) is 11.8 Å². The van der Waals surface area contributed by atoms with Crippen LogP contribution in [0, 0.1) is 6.92 Å². The highest BCUT2D eigenvalue weighted by atomic mass is 32.2. The molecule has 2 amide bonds. The van der Waals surface area contributed by atoms with Crippen LogP contribution in [0.1, 0.15) is 12.0 Å². The molecule has 4 nitrogen and oxygen atoms in total. The Bertz CT molecular complexity index is 730. The van der Waals surface area contributed by atoms with E-state index in [9.17, 15) is 9.59 Å². The zero-order chi connectivity index (χ0) is 15.5. The lowest BCUT2D eigenvalue weighted by Gasteiger charge is -2.23. The molecule has 0 bridgehead atoms. The first-order valence-corrected chi connectivity index (χ1v) is 7.93. The molecule has 0 saturated heterocycles. The number of thioether (sulfide) groups is 1. The minimum atomic E-state index is -0.403. The number of carbonyl (C=O) groups excluding carboxylic acids is 2. The number of amides is 2. The van der Waals surface area contributed by atoms with Gasteiger partial charge < -0.3 is 10.6 Å². The lowest BCUT2D eigenvalue weighted by atomic mass is 10.2. The average Bonchev–Trinajstić information content (AvgIpc) is 2.48. The van der Waals surface area contributed by atoms with Crippen LogP contribution < -0.4 is 10.6 Å². The van der Waals surface area contributed by atoms with Gasteiger partial charge >= 0.3 is 0 Å². The third-order valence-electron chi connectivity index (χ3n) is 3.38. The van der Waals surface area contributed by atoms with E-state index in [4.69, 9.17) is 0 Å². The largest absolute Gasteiger partial charge is 0.326 e. The van der Waals surface area contributed by atoms with E-state index in [1.54, 1.807) is 0 Å². The van der Waals surface area contributed by atoms with Crippen LogP contribution in [0.15, 0.2) is 53.4 Å². The van der Waals surface area contributed by atoms with E-state index >= 15 is 0 Å². The number of aryl methyl sites for hydroxylation is 1. The Morgan fingerprint density at radius 1 is 1.23 bits per heavy atom. The summed E-state index contributed by atoms with van der Waals surface area (Å²) in [6.07, 6.45) is 0.152. The number of anilines is 2. The van der Waals surface area contributed by atoms with Crippen LogP contribution in [0.2, 0.25) is 0 Å². The standard InChI is InChI=1S/C17H16N2O2S/c1-11-5-4-6-12(9-11)18-16(20)10-15-17(21)19-13-7-2-3-8-14(13)22-15/h2-9,15H,10H2,1H3,(H,18,20)(H,19,21)/t15-/m1/s1. The molecule has 0 radical (unpaired) electrons. The van der Waals surface area contributed by atoms with E-state index < -0.39 is 5.25 Å². The van der Waals surface area contributed by atoms with Crippen LogP contribution in [-0.4, -0.2) is 17.1 Å². The summed E-state index contributed by atoms with van der Waals surface area (Å²) in [6, 6.07) is 15.2. The number of rotatable bonds is 3. The van der Waals surface area contributed by atoms with Crippen molar-refractivity contribution >= 4 is 35.0 Å². The van der Waals surface area contributed by atoms with Gasteiger partial charge in [-0.1, -0.05) is 24.3 Å². The van der Waals surface area contributed by atoms with Crippen molar-refractivity contribution in [3.05, 3.63) is 54.1 Å². The Morgan fingerprint density at radius 2 is 2.05 bits per heavy atom. The minimum Gasteiger partial charge on any atom is -0.326 e. The van der Waals surface area contributed by atoms with Crippen molar-refractivity contribution < 1.29 is 9.59 Å². The Morgan fingerprint density at radius 3 is 2.86 bits per heavy atom. The van der Waals surface area contributed by atoms with E-state index in [0.29, 0.717) is 0 Å². The molecule has 2 aromatic carbocycles. The number of hydrogen-bond acceptors (Lipinski definition) is 3. The number of nitrogens with one attached hydrogen (secondary N) is 2. The van der Waals surface area contributed by atoms with Crippen molar-refractivity contribution in [1.82, 2.24) is 0 Å². The monoisotopic (exact) mass is 312 g/mol. The van der Waals surface area contributed by atoms with Crippen LogP contribution in [-0.2, 0) is 9.59 Å². The van der Waals surface area contributed by atoms with Crippen molar-refractivity contribution in [2.45, 2.75) is 23.5 Å². The van der Waals surface area contributed by atoms with Crippen molar-refractivity contribution in [1.29, 1.82) is 0 Å². The van der Waals surface area contributed by atoms with Gasteiger partial charge in [0.25, 0.3) is 0 Å². The van der Waals surface area contributed by atoms with Gasteiger partial charge in [-0.25, -0.2) is 0 Å². The van der Waals surface area contributed by atoms with E-state index in [1.807, 2.05) is 55.5 Å². The minimum absolute atomic E-state index is 0.122. The second-order valence-electron chi connectivity index (χ2n) is 5.21. The molecule has 0 aromatic heterocycles. The molecule has 0 spiro atoms. The summed E-state index contributed by atoms with van der Waals surface area (Å²) in [5.41, 5.74) is 2.65. The maximum Gasteiger partial charge on any atom is 0.238 e. The summed E-state index contributed by atoms with van der Waals surface area (Å²) in [5.74, 6) is -0.277. The van der Waals surface area contributed by atoms with Gasteiger partial charge in [0.1, 0.15) is 0 Å². The highest BCUT2D eigenvalue weighted by molar-refractivity contribution is 8.01. The Hall–Kier alpha value is -2.27. The maximum absolute atomic E-state index is 12.1. The molecule has 2 N–H and O–H groups in total. The molecule has 0 fully saturated rings. The van der Waals surface area contributed by atoms with Gasteiger partial charge in [0, 0.05) is 17.0 Å². The zero-order valence-electron chi connectivity index (χ0n) is 12.1. The summed E-state index contributed by atoms with van der Waals surface area (Å²) in [5, 5.41) is 5.29. The highest BCUT2D eigenvalue weighted by Gasteiger charge is 2.28. The topological polar surface area (TPSA) is 58.2 Å². The first kappa shape index (κ1) is 14.7. The third kappa shape index (κ3) is 3.31. The highest BCUT2D eigenvalue weighted by Crippen LogP contribution is 2.36. The summed E-state index contributed by atoms with van der Waals surface area (Å²) in [7, 11) is 0. The van der Waals surface area contributed by atoms with Crippen LogP contribution in [0.5, 0.6) is 0 Å². The average molecular weight is 312 g/mol. The fourth-order valence-corrected chi connectivity index (χ4v) is 3.44. The van der Waals surface area contributed by atoms with Crippen LogP contribution in [0.3, 0.4) is 0 Å². The van der Waals surface area contributed by atoms with Crippen molar-refractivity contribution in [3.8, 4) is 0 Å². The molecular formula is C17H16N2O2S. The molecule has 0 aliphatic carbocycles. The summed E-state index contributed by atoms with van der Waals surface area (Å²) in [4.78, 5) is 25.2. The van der Waals surface area contributed by atoms with Gasteiger partial charge in [-0.3, -0.25) is 9.59 Å². The molecular weight excluding hydrogens is 296 g/mol. The molecule has 1 atom stereocenters. The fourth-order valence-electron chi connectivity index (χ4n) is 2.33. The van der Waals surface area contributed by atoms with Crippen molar-refractivity contribution in [2.75, 3.05) is 10.6 Å². The second-order valence-corrected chi connectivity index (χ2v) is 6.46. The Labute approximate surface area is 133 Å². The first-order chi connectivity index (χ1) is 10.6. The Balaban J connectivity index is 1.66. The van der Waals surface area contributed by atoms with Crippen molar-refractivity contribution in [2.24, 2.45) is 0 Å². The predicted molar refractivity (Wildman–Crippen MR) is 89.1 cm³/mol. The lowest BCUT2D eigenvalue weighted by molar-refractivity contribution is -0.120. The van der Waals surface area contributed by atoms with E-state index in [-0.39, 0.29) is 18.2 Å². The molecule has 112 valence electrons. The zero-order valence-corrected chi connectivity index (χ0v) is 12.9. The van der Waals surface area contributed by atoms with Gasteiger partial charge in [-0.2, -0.15) is 0 Å². The molecule has 2 aromatic rings. The smallest absolute Gasteiger partial charge is 0.238 e. The normalized spacial score (nSPS) is 16.6. The van der Waals surface area contributed by atoms with Gasteiger partial charge in [-0.15, -0.1) is 11.8 Å². The van der Waals surface area contributed by atoms with Crippen LogP contribution in [0.25, 0.3) is 0 Å². The molecule has 0 saturated carbocycles. The molecule has 22 heavy (non-hydrogen) atoms. The molecule has 0 unspecified atom stereocenters. The first-order valence-electron chi connectivity index (χ1n) is 7.05. The summed E-state index contributed by atoms with van der Waals surface area (Å²) < 4.78 is 0. The Kier molecular flexibility index (Phi) is 4.15. The van der Waals surface area contributed by atoms with Gasteiger partial charge in [-0.05, 0) is 36.8 Å². The third-order valence-corrected chi connectivity index (χ3v) is 4.65. The predicted octanol–water partition coefficient (Wildman–Crippen LogP) is 3.44. The molecule has 1 aliphatic heterocycles. The van der Waals surface area contributed by atoms with E-state index in [2.05, 4.69) is 10.6 Å². The summed E-state index contributed by atoms with van der Waals surface area (Å²) >= 11 is 1.43. The maximum atomic E-state index is 12.1. The number of benzene rings is 2. The van der Waals surface area contributed by atoms with Crippen LogP contribution in [0.4, 0.5) is 11.4 Å². The van der Waals surface area contributed by atoms with Gasteiger partial charge in [0.15, 0.2) is 0 Å². The summed E-state index contributed by atoms with van der Waals surface area (Å²) in [6.45, 7) is 1.97. The number of fused-ring (bicyclic) bond motifs is 1. The lowest BCUT2D eigenvalue weighted by Crippen LogP contribution is -2.32. The van der Waals surface area contributed by atoms with Crippen molar-refractivity contribution in [3.63, 3.8) is 0 Å². The molecule has 3 rings (SSSR count). The molecule has 1 aliphatic rings. The number of hydrogen-bond donors (Lipinski definition) is 2. The number of carbonyl (C=O) groups is 2. The quantitative estimate of drug-likeness (QED) is 0.913. The van der Waals surface area contributed by atoms with Gasteiger partial charge in [0.05, 0.1) is 10.9 Å². The van der Waals surface area contributed by atoms with Crippen LogP contribution >= 0.6 is 11.8 Å². The molecule has 1 heterocycles. The molecule has 5 heteroatoms.